The van der Waals surface area contributed by atoms with Crippen LogP contribution in [0.3, 0.4) is 0 Å². The van der Waals surface area contributed by atoms with E-state index >= 15 is 0 Å². The van der Waals surface area contributed by atoms with Gasteiger partial charge in [0.25, 0.3) is 0 Å². The van der Waals surface area contributed by atoms with Crippen LogP contribution in [0.5, 0.6) is 11.6 Å². The zero-order valence-corrected chi connectivity index (χ0v) is 12.0. The second-order valence-corrected chi connectivity index (χ2v) is 4.43. The molecule has 0 saturated heterocycles. The van der Waals surface area contributed by atoms with Crippen LogP contribution in [-0.2, 0) is 4.74 Å². The van der Waals surface area contributed by atoms with Gasteiger partial charge in [0.15, 0.2) is 5.11 Å². The number of aromatic nitrogens is 1. The number of thiocarbonyl (C=S) groups is 1. The van der Waals surface area contributed by atoms with Crippen molar-refractivity contribution in [3.63, 3.8) is 0 Å². The summed E-state index contributed by atoms with van der Waals surface area (Å²) >= 11 is 4.77. The van der Waals surface area contributed by atoms with Gasteiger partial charge in [-0.1, -0.05) is 6.07 Å². The normalized spacial score (nSPS) is 9.76. The van der Waals surface area contributed by atoms with Crippen molar-refractivity contribution in [3.8, 4) is 11.6 Å². The highest BCUT2D eigenvalue weighted by Gasteiger charge is 2.08. The van der Waals surface area contributed by atoms with Crippen molar-refractivity contribution in [1.82, 2.24) is 4.98 Å². The topological polar surface area (TPSA) is 86.5 Å². The van der Waals surface area contributed by atoms with Crippen molar-refractivity contribution in [2.24, 2.45) is 5.73 Å². The Morgan fingerprint density at radius 2 is 2.14 bits per heavy atom. The third-order valence-electron chi connectivity index (χ3n) is 2.48. The summed E-state index contributed by atoms with van der Waals surface area (Å²) in [6.45, 7) is 0. The van der Waals surface area contributed by atoms with Crippen LogP contribution in [0.25, 0.3) is 0 Å². The first kappa shape index (κ1) is 14.7. The second kappa shape index (κ2) is 6.67. The number of esters is 1. The van der Waals surface area contributed by atoms with Crippen LogP contribution < -0.4 is 15.8 Å². The lowest BCUT2D eigenvalue weighted by molar-refractivity contribution is 0.0600. The van der Waals surface area contributed by atoms with Gasteiger partial charge in [0.2, 0.25) is 5.88 Å². The molecule has 1 aromatic carbocycles. The SMILES string of the molecule is COC(=O)c1ccnc(Oc2cccc(NC(N)=S)c2)c1. The monoisotopic (exact) mass is 303 g/mol. The lowest BCUT2D eigenvalue weighted by Crippen LogP contribution is -2.18. The molecule has 0 aliphatic rings. The number of anilines is 1. The van der Waals surface area contributed by atoms with E-state index in [0.717, 1.165) is 0 Å². The number of hydrogen-bond donors (Lipinski definition) is 2. The van der Waals surface area contributed by atoms with Crippen molar-refractivity contribution < 1.29 is 14.3 Å². The van der Waals surface area contributed by atoms with E-state index < -0.39 is 5.97 Å². The molecule has 0 spiro atoms. The summed E-state index contributed by atoms with van der Waals surface area (Å²) < 4.78 is 10.2. The number of benzene rings is 1. The minimum atomic E-state index is -0.453. The van der Waals surface area contributed by atoms with Gasteiger partial charge in [0.1, 0.15) is 5.75 Å². The first-order valence-corrected chi connectivity index (χ1v) is 6.38. The molecule has 0 bridgehead atoms. The number of hydrogen-bond acceptors (Lipinski definition) is 5. The number of nitrogens with two attached hydrogens (primary N) is 1. The van der Waals surface area contributed by atoms with Crippen molar-refractivity contribution in [1.29, 1.82) is 0 Å². The van der Waals surface area contributed by atoms with Crippen LogP contribution in [-0.4, -0.2) is 23.2 Å². The van der Waals surface area contributed by atoms with Gasteiger partial charge in [-0.15, -0.1) is 0 Å². The number of methoxy groups -OCH3 is 1. The Labute approximate surface area is 126 Å². The molecular weight excluding hydrogens is 290 g/mol. The molecule has 1 aromatic heterocycles. The number of carbonyl (C=O) groups is 1. The molecule has 6 nitrogen and oxygen atoms in total. The quantitative estimate of drug-likeness (QED) is 0.662. The van der Waals surface area contributed by atoms with E-state index in [-0.39, 0.29) is 11.0 Å². The number of carbonyl (C=O) groups excluding carboxylic acids is 1. The predicted molar refractivity (Wildman–Crippen MR) is 82.5 cm³/mol. The maximum absolute atomic E-state index is 11.4. The highest BCUT2D eigenvalue weighted by Crippen LogP contribution is 2.23. The lowest BCUT2D eigenvalue weighted by atomic mass is 10.2. The molecule has 2 aromatic rings. The van der Waals surface area contributed by atoms with E-state index in [4.69, 9.17) is 22.7 Å². The van der Waals surface area contributed by atoms with Crippen LogP contribution >= 0.6 is 12.2 Å². The number of pyridine rings is 1. The minimum absolute atomic E-state index is 0.165. The summed E-state index contributed by atoms with van der Waals surface area (Å²) in [4.78, 5) is 15.5. The van der Waals surface area contributed by atoms with Gasteiger partial charge in [-0.05, 0) is 30.4 Å². The molecule has 3 N–H and O–H groups in total. The summed E-state index contributed by atoms with van der Waals surface area (Å²) in [7, 11) is 1.31. The molecule has 0 fully saturated rings. The summed E-state index contributed by atoms with van der Waals surface area (Å²) in [6, 6.07) is 10.1. The zero-order chi connectivity index (χ0) is 15.2. The van der Waals surface area contributed by atoms with E-state index in [1.807, 2.05) is 0 Å². The third kappa shape index (κ3) is 4.15. The maximum Gasteiger partial charge on any atom is 0.338 e. The number of rotatable bonds is 4. The molecule has 21 heavy (non-hydrogen) atoms. The average Bonchev–Trinajstić information content (AvgIpc) is 2.46. The standard InChI is InChI=1S/C14H13N3O3S/c1-19-13(18)9-5-6-16-12(7-9)20-11-4-2-3-10(8-11)17-14(15)21/h2-8H,1H3,(H3,15,17,21). The van der Waals surface area contributed by atoms with Gasteiger partial charge in [-0.2, -0.15) is 0 Å². The lowest BCUT2D eigenvalue weighted by Gasteiger charge is -2.08. The maximum atomic E-state index is 11.4. The van der Waals surface area contributed by atoms with Gasteiger partial charge < -0.3 is 20.5 Å². The largest absolute Gasteiger partial charge is 0.465 e. The van der Waals surface area contributed by atoms with Crippen molar-refractivity contribution in [2.75, 3.05) is 12.4 Å². The van der Waals surface area contributed by atoms with E-state index in [0.29, 0.717) is 17.0 Å². The number of nitrogens with zero attached hydrogens (tertiary/aromatic N) is 1. The molecule has 0 aliphatic carbocycles. The second-order valence-electron chi connectivity index (χ2n) is 3.99. The predicted octanol–water partition coefficient (Wildman–Crippen LogP) is 2.32. The molecule has 0 saturated carbocycles. The van der Waals surface area contributed by atoms with E-state index in [1.165, 1.54) is 19.4 Å². The van der Waals surface area contributed by atoms with Gasteiger partial charge in [0, 0.05) is 24.0 Å². The molecule has 108 valence electrons. The summed E-state index contributed by atoms with van der Waals surface area (Å²) in [5.41, 5.74) is 6.47. The van der Waals surface area contributed by atoms with Crippen molar-refractivity contribution in [2.45, 2.75) is 0 Å². The van der Waals surface area contributed by atoms with E-state index in [9.17, 15) is 4.79 Å². The minimum Gasteiger partial charge on any atom is -0.465 e. The summed E-state index contributed by atoms with van der Waals surface area (Å²) in [5.74, 6) is 0.363. The first-order chi connectivity index (χ1) is 10.1. The molecule has 2 rings (SSSR count). The Kier molecular flexibility index (Phi) is 4.68. The summed E-state index contributed by atoms with van der Waals surface area (Å²) in [6.07, 6.45) is 1.47. The average molecular weight is 303 g/mol. The van der Waals surface area contributed by atoms with Gasteiger partial charge in [0.05, 0.1) is 12.7 Å². The Balaban J connectivity index is 2.18. The van der Waals surface area contributed by atoms with Crippen LogP contribution in [0, 0.1) is 0 Å². The fourth-order valence-electron chi connectivity index (χ4n) is 1.61. The Morgan fingerprint density at radius 3 is 2.86 bits per heavy atom. The molecule has 0 amide bonds. The van der Waals surface area contributed by atoms with Crippen LogP contribution in [0.4, 0.5) is 5.69 Å². The fraction of sp³-hybridized carbons (Fsp3) is 0.0714. The van der Waals surface area contributed by atoms with Crippen LogP contribution in [0.15, 0.2) is 42.6 Å². The molecule has 0 unspecified atom stereocenters. The molecule has 7 heteroatoms. The van der Waals surface area contributed by atoms with Crippen LogP contribution in [0.2, 0.25) is 0 Å². The molecule has 0 radical (unpaired) electrons. The highest BCUT2D eigenvalue weighted by molar-refractivity contribution is 7.80. The van der Waals surface area contributed by atoms with Crippen molar-refractivity contribution in [3.05, 3.63) is 48.2 Å². The highest BCUT2D eigenvalue weighted by atomic mass is 32.1. The zero-order valence-electron chi connectivity index (χ0n) is 11.2. The van der Waals surface area contributed by atoms with Gasteiger partial charge >= 0.3 is 5.97 Å². The number of ether oxygens (including phenoxy) is 2. The van der Waals surface area contributed by atoms with Gasteiger partial charge in [-0.3, -0.25) is 0 Å². The Bertz CT molecular complexity index is 676. The Morgan fingerprint density at radius 1 is 1.33 bits per heavy atom. The van der Waals surface area contributed by atoms with E-state index in [2.05, 4.69) is 15.0 Å². The summed E-state index contributed by atoms with van der Waals surface area (Å²) in [5, 5.41) is 2.97. The molecule has 0 atom stereocenters. The first-order valence-electron chi connectivity index (χ1n) is 5.97. The van der Waals surface area contributed by atoms with Crippen LogP contribution in [0.1, 0.15) is 10.4 Å². The third-order valence-corrected chi connectivity index (χ3v) is 2.58. The smallest absolute Gasteiger partial charge is 0.338 e. The molecule has 1 heterocycles. The fourth-order valence-corrected chi connectivity index (χ4v) is 1.73. The van der Waals surface area contributed by atoms with E-state index in [1.54, 1.807) is 30.3 Å². The van der Waals surface area contributed by atoms with Gasteiger partial charge in [-0.25, -0.2) is 9.78 Å². The Hall–Kier alpha value is -2.67. The molecular formula is C14H13N3O3S. The molecule has 0 aliphatic heterocycles. The van der Waals surface area contributed by atoms with Crippen molar-refractivity contribution >= 4 is 29.0 Å². The number of nitrogens with one attached hydrogen (secondary N) is 1.